The monoisotopic (exact) mass is 668 g/mol. The summed E-state index contributed by atoms with van der Waals surface area (Å²) in [5, 5.41) is 0. The highest BCUT2D eigenvalue weighted by Gasteiger charge is 2.14. The van der Waals surface area contributed by atoms with Gasteiger partial charge in [0, 0.05) is 35.1 Å². The molecule has 2 heterocycles. The van der Waals surface area contributed by atoms with Crippen LogP contribution in [0.4, 0.5) is 34.1 Å². The van der Waals surface area contributed by atoms with Crippen LogP contribution in [0.3, 0.4) is 0 Å². The van der Waals surface area contributed by atoms with Crippen molar-refractivity contribution >= 4 is 46.3 Å². The van der Waals surface area contributed by atoms with Crippen LogP contribution >= 0.6 is 0 Å². The minimum Gasteiger partial charge on any atom is -0.309 e. The quantitative estimate of drug-likeness (QED) is 0.136. The van der Waals surface area contributed by atoms with Crippen molar-refractivity contribution in [2.45, 2.75) is 0 Å². The van der Waals surface area contributed by atoms with E-state index in [1.807, 2.05) is 36.7 Å². The van der Waals surface area contributed by atoms with Gasteiger partial charge in [-0.25, -0.2) is 0 Å². The van der Waals surface area contributed by atoms with Gasteiger partial charge in [0.1, 0.15) is 0 Å². The molecule has 2 aromatic heterocycles. The van der Waals surface area contributed by atoms with Gasteiger partial charge in [-0.2, -0.15) is 0 Å². The van der Waals surface area contributed by atoms with Gasteiger partial charge in [-0.05, 0) is 106 Å². The van der Waals surface area contributed by atoms with Gasteiger partial charge in [0.25, 0.3) is 0 Å². The largest absolute Gasteiger partial charge is 0.309 e. The SMILES string of the molecule is C(=Cc1ccc(-c2ccc(N(c3ccccc3)c3cccnc3)cc2)cc1)c1ccc(-c2ccc(N(c3ccccc3)c3cccnc3)cc2)cc1. The molecule has 0 radical (unpaired) electrons. The Morgan fingerprint density at radius 3 is 0.923 bits per heavy atom. The predicted molar refractivity (Wildman–Crippen MR) is 218 cm³/mol. The summed E-state index contributed by atoms with van der Waals surface area (Å²) in [6.07, 6.45) is 11.7. The number of pyridine rings is 2. The van der Waals surface area contributed by atoms with Gasteiger partial charge >= 0.3 is 0 Å². The van der Waals surface area contributed by atoms with Crippen molar-refractivity contribution in [1.82, 2.24) is 9.97 Å². The summed E-state index contributed by atoms with van der Waals surface area (Å²) < 4.78 is 0. The third-order valence-corrected chi connectivity index (χ3v) is 9.04. The smallest absolute Gasteiger partial charge is 0.0644 e. The van der Waals surface area contributed by atoms with Crippen LogP contribution in [0.1, 0.15) is 11.1 Å². The van der Waals surface area contributed by atoms with E-state index in [-0.39, 0.29) is 0 Å². The van der Waals surface area contributed by atoms with Crippen molar-refractivity contribution in [3.05, 3.63) is 218 Å². The van der Waals surface area contributed by atoms with Crippen LogP contribution in [0.25, 0.3) is 34.4 Å². The Bertz CT molecular complexity index is 2090. The molecule has 4 nitrogen and oxygen atoms in total. The molecule has 0 aliphatic carbocycles. The van der Waals surface area contributed by atoms with E-state index in [1.165, 1.54) is 22.3 Å². The Morgan fingerprint density at radius 1 is 0.288 bits per heavy atom. The molecule has 0 unspecified atom stereocenters. The Morgan fingerprint density at radius 2 is 0.596 bits per heavy atom. The summed E-state index contributed by atoms with van der Waals surface area (Å²) in [7, 11) is 0. The van der Waals surface area contributed by atoms with Crippen molar-refractivity contribution in [1.29, 1.82) is 0 Å². The molecular weight excluding hydrogens is 633 g/mol. The fourth-order valence-corrected chi connectivity index (χ4v) is 6.39. The maximum atomic E-state index is 4.35. The molecule has 6 aromatic carbocycles. The van der Waals surface area contributed by atoms with E-state index in [4.69, 9.17) is 0 Å². The van der Waals surface area contributed by atoms with Crippen molar-refractivity contribution in [2.75, 3.05) is 9.80 Å². The summed E-state index contributed by atoms with van der Waals surface area (Å²) >= 11 is 0. The third-order valence-electron chi connectivity index (χ3n) is 9.04. The topological polar surface area (TPSA) is 32.3 Å². The highest BCUT2D eigenvalue weighted by molar-refractivity contribution is 5.80. The number of anilines is 6. The Balaban J connectivity index is 0.938. The maximum Gasteiger partial charge on any atom is 0.0644 e. The minimum absolute atomic E-state index is 1.02. The third kappa shape index (κ3) is 7.28. The van der Waals surface area contributed by atoms with Gasteiger partial charge in [-0.15, -0.1) is 0 Å². The van der Waals surface area contributed by atoms with Crippen LogP contribution in [-0.4, -0.2) is 9.97 Å². The summed E-state index contributed by atoms with van der Waals surface area (Å²) in [5.41, 5.74) is 13.4. The molecule has 4 heteroatoms. The first-order valence-corrected chi connectivity index (χ1v) is 17.4. The van der Waals surface area contributed by atoms with Gasteiger partial charge in [-0.1, -0.05) is 121 Å². The van der Waals surface area contributed by atoms with E-state index in [2.05, 4.69) is 190 Å². The Kier molecular flexibility index (Phi) is 9.43. The fraction of sp³-hybridized carbons (Fsp3) is 0. The van der Waals surface area contributed by atoms with E-state index >= 15 is 0 Å². The molecule has 0 aliphatic rings. The molecular formula is C48H36N4. The molecule has 0 bridgehead atoms. The normalized spacial score (nSPS) is 11.0. The summed E-state index contributed by atoms with van der Waals surface area (Å²) in [4.78, 5) is 13.1. The Hall–Kier alpha value is -7.04. The maximum absolute atomic E-state index is 4.35. The number of hydrogen-bond donors (Lipinski definition) is 0. The second kappa shape index (κ2) is 15.2. The van der Waals surface area contributed by atoms with E-state index < -0.39 is 0 Å². The number of aromatic nitrogens is 2. The standard InChI is InChI=1S/C48H36N4/c1-3-9-43(10-4-1)51(47-13-7-33-49-35-47)45-29-25-41(26-30-45)39-21-17-37(18-22-39)15-16-38-19-23-40(24-20-38)42-27-31-46(32-28-42)52(44-11-5-2-6-12-44)48-14-8-34-50-36-48/h1-36H. The van der Waals surface area contributed by atoms with Gasteiger partial charge in [-0.3, -0.25) is 9.97 Å². The molecule has 0 aliphatic heterocycles. The van der Waals surface area contributed by atoms with Crippen molar-refractivity contribution in [2.24, 2.45) is 0 Å². The first kappa shape index (κ1) is 32.2. The molecule has 248 valence electrons. The molecule has 0 spiro atoms. The number of para-hydroxylation sites is 2. The summed E-state index contributed by atoms with van der Waals surface area (Å²) in [5.74, 6) is 0. The average Bonchev–Trinajstić information content (AvgIpc) is 3.23. The molecule has 0 fully saturated rings. The fourth-order valence-electron chi connectivity index (χ4n) is 6.39. The zero-order valence-corrected chi connectivity index (χ0v) is 28.6. The molecule has 0 saturated heterocycles. The second-order valence-electron chi connectivity index (χ2n) is 12.4. The van der Waals surface area contributed by atoms with Crippen molar-refractivity contribution in [3.8, 4) is 22.3 Å². The number of rotatable bonds is 10. The van der Waals surface area contributed by atoms with Gasteiger partial charge in [0.15, 0.2) is 0 Å². The van der Waals surface area contributed by atoms with Crippen LogP contribution in [0.5, 0.6) is 0 Å². The number of hydrogen-bond acceptors (Lipinski definition) is 4. The molecule has 8 rings (SSSR count). The van der Waals surface area contributed by atoms with E-state index in [9.17, 15) is 0 Å². The lowest BCUT2D eigenvalue weighted by atomic mass is 10.0. The zero-order chi connectivity index (χ0) is 35.0. The van der Waals surface area contributed by atoms with Gasteiger partial charge < -0.3 is 9.80 Å². The number of benzene rings is 6. The van der Waals surface area contributed by atoms with Crippen LogP contribution in [0, 0.1) is 0 Å². The summed E-state index contributed by atoms with van der Waals surface area (Å²) in [6, 6.07) is 63.7. The lowest BCUT2D eigenvalue weighted by Gasteiger charge is -2.25. The molecule has 0 amide bonds. The Labute approximate surface area is 305 Å². The van der Waals surface area contributed by atoms with E-state index in [1.54, 1.807) is 12.4 Å². The molecule has 0 atom stereocenters. The van der Waals surface area contributed by atoms with Gasteiger partial charge in [0.2, 0.25) is 0 Å². The highest BCUT2D eigenvalue weighted by atomic mass is 15.2. The summed E-state index contributed by atoms with van der Waals surface area (Å²) in [6.45, 7) is 0. The van der Waals surface area contributed by atoms with Crippen LogP contribution < -0.4 is 9.80 Å². The van der Waals surface area contributed by atoms with Crippen molar-refractivity contribution < 1.29 is 0 Å². The van der Waals surface area contributed by atoms with Crippen molar-refractivity contribution in [3.63, 3.8) is 0 Å². The average molecular weight is 669 g/mol. The first-order chi connectivity index (χ1) is 25.8. The number of nitrogens with zero attached hydrogens (tertiary/aromatic N) is 4. The van der Waals surface area contributed by atoms with Gasteiger partial charge in [0.05, 0.1) is 23.8 Å². The minimum atomic E-state index is 1.02. The van der Waals surface area contributed by atoms with Crippen LogP contribution in [-0.2, 0) is 0 Å². The predicted octanol–water partition coefficient (Wildman–Crippen LogP) is 12.9. The molecule has 0 saturated carbocycles. The second-order valence-corrected chi connectivity index (χ2v) is 12.4. The molecule has 0 N–H and O–H groups in total. The molecule has 52 heavy (non-hydrogen) atoms. The zero-order valence-electron chi connectivity index (χ0n) is 28.6. The highest BCUT2D eigenvalue weighted by Crippen LogP contribution is 2.36. The van der Waals surface area contributed by atoms with E-state index in [0.717, 1.165) is 45.3 Å². The first-order valence-electron chi connectivity index (χ1n) is 17.4. The molecule has 8 aromatic rings. The van der Waals surface area contributed by atoms with Crippen LogP contribution in [0.15, 0.2) is 207 Å². The van der Waals surface area contributed by atoms with Crippen LogP contribution in [0.2, 0.25) is 0 Å². The van der Waals surface area contributed by atoms with E-state index in [0.29, 0.717) is 0 Å². The lowest BCUT2D eigenvalue weighted by molar-refractivity contribution is 1.23. The lowest BCUT2D eigenvalue weighted by Crippen LogP contribution is -2.09.